The Morgan fingerprint density at radius 2 is 1.80 bits per heavy atom. The number of aromatic amines is 1. The molecule has 150 valence electrons. The maximum Gasteiger partial charge on any atom is 0.205 e. The average Bonchev–Trinajstić information content (AvgIpc) is 3.39. The maximum atomic E-state index is 13.3. The van der Waals surface area contributed by atoms with Crippen molar-refractivity contribution < 1.29 is 4.79 Å². The Kier molecular flexibility index (Phi) is 4.24. The summed E-state index contributed by atoms with van der Waals surface area (Å²) in [4.78, 5) is 15.4. The number of anilines is 1. The van der Waals surface area contributed by atoms with Gasteiger partial charge >= 0.3 is 0 Å². The number of carbonyl (C=O) groups is 1. The largest absolute Gasteiger partial charge is 0.347 e. The van der Waals surface area contributed by atoms with Gasteiger partial charge in [-0.05, 0) is 41.7 Å². The molecule has 0 radical (unpaired) electrons. The highest BCUT2D eigenvalue weighted by Gasteiger charge is 2.39. The Labute approximate surface area is 176 Å². The number of nitrogens with zero attached hydrogens (tertiary/aromatic N) is 2. The molecule has 0 saturated heterocycles. The van der Waals surface area contributed by atoms with Crippen LogP contribution in [0.2, 0.25) is 0 Å². The van der Waals surface area contributed by atoms with E-state index in [-0.39, 0.29) is 11.2 Å². The number of H-pyrrole nitrogens is 1. The zero-order valence-corrected chi connectivity index (χ0v) is 17.6. The third-order valence-electron chi connectivity index (χ3n) is 6.41. The van der Waals surface area contributed by atoms with E-state index in [1.807, 2.05) is 31.3 Å². The SMILES string of the molecule is CN1/C(=C\C(=O)c2[nH]nc3c2CC/C3=C\c2ccccc2)C(C)(C)c2ccccc21. The van der Waals surface area contributed by atoms with Crippen LogP contribution in [0.3, 0.4) is 0 Å². The van der Waals surface area contributed by atoms with Gasteiger partial charge in [-0.25, -0.2) is 0 Å². The number of para-hydroxylation sites is 1. The molecule has 1 aliphatic carbocycles. The van der Waals surface area contributed by atoms with Crippen LogP contribution in [-0.2, 0) is 11.8 Å². The third-order valence-corrected chi connectivity index (χ3v) is 6.41. The van der Waals surface area contributed by atoms with Gasteiger partial charge in [0.2, 0.25) is 5.78 Å². The lowest BCUT2D eigenvalue weighted by Gasteiger charge is -2.23. The molecule has 0 atom stereocenters. The van der Waals surface area contributed by atoms with Gasteiger partial charge in [0.15, 0.2) is 0 Å². The number of allylic oxidation sites excluding steroid dienone is 3. The van der Waals surface area contributed by atoms with Crippen LogP contribution in [-0.4, -0.2) is 23.0 Å². The maximum absolute atomic E-state index is 13.3. The first-order valence-corrected chi connectivity index (χ1v) is 10.4. The number of fused-ring (bicyclic) bond motifs is 2. The molecule has 0 saturated carbocycles. The van der Waals surface area contributed by atoms with Gasteiger partial charge < -0.3 is 4.90 Å². The fourth-order valence-corrected chi connectivity index (χ4v) is 4.80. The Morgan fingerprint density at radius 3 is 2.57 bits per heavy atom. The number of aromatic nitrogens is 2. The minimum atomic E-state index is -0.220. The smallest absolute Gasteiger partial charge is 0.205 e. The summed E-state index contributed by atoms with van der Waals surface area (Å²) >= 11 is 0. The fraction of sp³-hybridized carbons (Fsp3) is 0.231. The molecule has 0 amide bonds. The normalized spacial score (nSPS) is 19.4. The van der Waals surface area contributed by atoms with E-state index < -0.39 is 0 Å². The molecule has 0 unspecified atom stereocenters. The number of nitrogens with one attached hydrogen (secondary N) is 1. The number of benzene rings is 2. The van der Waals surface area contributed by atoms with Crippen LogP contribution in [0.5, 0.6) is 0 Å². The first-order chi connectivity index (χ1) is 14.5. The minimum absolute atomic E-state index is 0.00700. The molecule has 0 spiro atoms. The summed E-state index contributed by atoms with van der Waals surface area (Å²) in [5, 5.41) is 7.53. The molecule has 1 aromatic heterocycles. The summed E-state index contributed by atoms with van der Waals surface area (Å²) in [6.07, 6.45) is 5.71. The number of likely N-dealkylation sites (N-methyl/N-ethyl adjacent to an activating group) is 1. The number of carbonyl (C=O) groups excluding carboxylic acids is 1. The van der Waals surface area contributed by atoms with Crippen LogP contribution >= 0.6 is 0 Å². The lowest BCUT2D eigenvalue weighted by molar-refractivity contribution is 0.104. The average molecular weight is 396 g/mol. The van der Waals surface area contributed by atoms with Crippen molar-refractivity contribution in [1.29, 1.82) is 0 Å². The van der Waals surface area contributed by atoms with Crippen LogP contribution in [0.4, 0.5) is 5.69 Å². The van der Waals surface area contributed by atoms with Crippen molar-refractivity contribution in [3.8, 4) is 0 Å². The number of ketones is 1. The topological polar surface area (TPSA) is 49.0 Å². The molecule has 0 bridgehead atoms. The van der Waals surface area contributed by atoms with Crippen LogP contribution in [0.25, 0.3) is 11.6 Å². The van der Waals surface area contributed by atoms with Crippen molar-refractivity contribution in [2.45, 2.75) is 32.1 Å². The molecule has 5 rings (SSSR count). The first kappa shape index (κ1) is 18.6. The minimum Gasteiger partial charge on any atom is -0.347 e. The number of rotatable bonds is 3. The van der Waals surface area contributed by atoms with Crippen LogP contribution in [0.15, 0.2) is 66.4 Å². The predicted octanol–water partition coefficient (Wildman–Crippen LogP) is 5.39. The predicted molar refractivity (Wildman–Crippen MR) is 122 cm³/mol. The highest BCUT2D eigenvalue weighted by atomic mass is 16.1. The van der Waals surface area contributed by atoms with Crippen LogP contribution in [0, 0.1) is 0 Å². The molecule has 0 fully saturated rings. The van der Waals surface area contributed by atoms with Crippen molar-refractivity contribution in [3.63, 3.8) is 0 Å². The van der Waals surface area contributed by atoms with Gasteiger partial charge in [-0.1, -0.05) is 62.4 Å². The van der Waals surface area contributed by atoms with Crippen molar-refractivity contribution >= 4 is 23.1 Å². The highest BCUT2D eigenvalue weighted by molar-refractivity contribution is 6.06. The summed E-state index contributed by atoms with van der Waals surface area (Å²) in [5.74, 6) is -0.00700. The van der Waals surface area contributed by atoms with Crippen molar-refractivity contribution in [3.05, 3.63) is 94.4 Å². The quantitative estimate of drug-likeness (QED) is 0.478. The second kappa shape index (κ2) is 6.84. The fourth-order valence-electron chi connectivity index (χ4n) is 4.80. The van der Waals surface area contributed by atoms with E-state index in [0.29, 0.717) is 5.69 Å². The first-order valence-electron chi connectivity index (χ1n) is 10.4. The Hall–Kier alpha value is -3.40. The number of hydrogen-bond acceptors (Lipinski definition) is 3. The number of hydrogen-bond donors (Lipinski definition) is 1. The van der Waals surface area contributed by atoms with E-state index in [1.54, 1.807) is 6.08 Å². The third kappa shape index (κ3) is 2.83. The van der Waals surface area contributed by atoms with Gasteiger partial charge in [0, 0.05) is 35.5 Å². The Bertz CT molecular complexity index is 1200. The van der Waals surface area contributed by atoms with Gasteiger partial charge in [0.05, 0.1) is 5.69 Å². The van der Waals surface area contributed by atoms with Crippen molar-refractivity contribution in [2.75, 3.05) is 11.9 Å². The van der Waals surface area contributed by atoms with Gasteiger partial charge in [-0.3, -0.25) is 9.89 Å². The summed E-state index contributed by atoms with van der Waals surface area (Å²) in [6, 6.07) is 18.6. The molecule has 30 heavy (non-hydrogen) atoms. The monoisotopic (exact) mass is 395 g/mol. The lowest BCUT2D eigenvalue weighted by Crippen LogP contribution is -2.24. The van der Waals surface area contributed by atoms with Crippen LogP contribution in [0.1, 0.15) is 53.1 Å². The van der Waals surface area contributed by atoms with Gasteiger partial charge in [-0.2, -0.15) is 5.10 Å². The van der Waals surface area contributed by atoms with E-state index in [4.69, 9.17) is 0 Å². The second-order valence-corrected chi connectivity index (χ2v) is 8.60. The van der Waals surface area contributed by atoms with Gasteiger partial charge in [0.1, 0.15) is 5.69 Å². The van der Waals surface area contributed by atoms with E-state index in [1.165, 1.54) is 11.1 Å². The van der Waals surface area contributed by atoms with Crippen molar-refractivity contribution in [2.24, 2.45) is 0 Å². The molecule has 4 heteroatoms. The molecule has 4 nitrogen and oxygen atoms in total. The standard InChI is InChI=1S/C26H25N3O/c1-26(2)20-11-7-8-12-21(20)29(3)23(26)16-22(30)25-19-14-13-18(24(19)27-28-25)15-17-9-5-4-6-10-17/h4-12,15-16H,13-14H2,1-3H3,(H,27,28)/b18-15+,23-16-. The Morgan fingerprint density at radius 1 is 1.07 bits per heavy atom. The van der Waals surface area contributed by atoms with Crippen molar-refractivity contribution in [1.82, 2.24) is 10.2 Å². The molecule has 2 aliphatic rings. The Balaban J connectivity index is 1.48. The zero-order valence-electron chi connectivity index (χ0n) is 17.6. The molecular formula is C26H25N3O. The molecule has 3 aromatic rings. The second-order valence-electron chi connectivity index (χ2n) is 8.60. The molecule has 2 aromatic carbocycles. The van der Waals surface area contributed by atoms with E-state index >= 15 is 0 Å². The van der Waals surface area contributed by atoms with E-state index in [9.17, 15) is 4.79 Å². The van der Waals surface area contributed by atoms with E-state index in [2.05, 4.69) is 65.4 Å². The molecular weight excluding hydrogens is 370 g/mol. The summed E-state index contributed by atoms with van der Waals surface area (Å²) in [7, 11) is 2.03. The lowest BCUT2D eigenvalue weighted by atomic mass is 9.83. The molecule has 2 heterocycles. The van der Waals surface area contributed by atoms with Gasteiger partial charge in [0.25, 0.3) is 0 Å². The summed E-state index contributed by atoms with van der Waals surface area (Å²) in [5.41, 5.74) is 8.12. The molecule has 1 aliphatic heterocycles. The van der Waals surface area contributed by atoms with Crippen LogP contribution < -0.4 is 4.90 Å². The summed E-state index contributed by atoms with van der Waals surface area (Å²) in [6.45, 7) is 4.35. The van der Waals surface area contributed by atoms with Gasteiger partial charge in [-0.15, -0.1) is 0 Å². The van der Waals surface area contributed by atoms with E-state index in [0.717, 1.165) is 41.0 Å². The highest BCUT2D eigenvalue weighted by Crippen LogP contribution is 2.46. The summed E-state index contributed by atoms with van der Waals surface area (Å²) < 4.78 is 0. The molecule has 1 N–H and O–H groups in total. The zero-order chi connectivity index (χ0) is 20.9.